The number of allylic oxidation sites excluding steroid dienone is 4. The third-order valence-electron chi connectivity index (χ3n) is 6.20. The lowest BCUT2D eigenvalue weighted by Gasteiger charge is -2.18. The average molecular weight is 447 g/mol. The van der Waals surface area contributed by atoms with Crippen LogP contribution >= 0.6 is 0 Å². The van der Waals surface area contributed by atoms with Crippen molar-refractivity contribution in [3.63, 3.8) is 0 Å². The minimum absolute atomic E-state index is 0.234. The second-order valence-electron chi connectivity index (χ2n) is 8.45. The number of hydrogen-bond donors (Lipinski definition) is 1. The molecule has 0 spiro atoms. The van der Waals surface area contributed by atoms with Crippen LogP contribution in [0.1, 0.15) is 54.6 Å². The van der Waals surface area contributed by atoms with Crippen LogP contribution in [0.4, 0.5) is 0 Å². The molecule has 0 radical (unpaired) electrons. The Morgan fingerprint density at radius 2 is 2.09 bits per heavy atom. The number of aryl methyl sites for hydroxylation is 2. The Kier molecular flexibility index (Phi) is 6.44. The summed E-state index contributed by atoms with van der Waals surface area (Å²) in [7, 11) is 0. The minimum Gasteiger partial charge on any atom is -0.347 e. The Hall–Kier alpha value is -3.68. The zero-order valence-corrected chi connectivity index (χ0v) is 19.6. The molecule has 0 atom stereocenters. The number of nitrogens with one attached hydrogen (secondary N) is 1. The third kappa shape index (κ3) is 4.60. The number of nitrogens with zero attached hydrogens (tertiary/aromatic N) is 5. The summed E-state index contributed by atoms with van der Waals surface area (Å²) in [4.78, 5) is 30.7. The van der Waals surface area contributed by atoms with Crippen LogP contribution in [0.25, 0.3) is 5.69 Å². The van der Waals surface area contributed by atoms with Crippen molar-refractivity contribution in [2.24, 2.45) is 0 Å². The van der Waals surface area contributed by atoms with E-state index in [2.05, 4.69) is 28.4 Å². The van der Waals surface area contributed by atoms with E-state index in [9.17, 15) is 9.59 Å². The molecule has 0 saturated carbocycles. The Bertz CT molecular complexity index is 1300. The van der Waals surface area contributed by atoms with Crippen molar-refractivity contribution in [1.29, 1.82) is 0 Å². The van der Waals surface area contributed by atoms with Gasteiger partial charge in [-0.2, -0.15) is 5.10 Å². The third-order valence-corrected chi connectivity index (χ3v) is 6.20. The van der Waals surface area contributed by atoms with E-state index >= 15 is 0 Å². The molecule has 0 aromatic carbocycles. The highest BCUT2D eigenvalue weighted by Gasteiger charge is 2.20. The summed E-state index contributed by atoms with van der Waals surface area (Å²) in [6.45, 7) is 9.36. The maximum Gasteiger partial charge on any atom is 0.275 e. The van der Waals surface area contributed by atoms with Crippen LogP contribution < -0.4 is 10.9 Å². The van der Waals surface area contributed by atoms with Crippen LogP contribution in [-0.2, 0) is 26.1 Å². The molecule has 0 bridgehead atoms. The van der Waals surface area contributed by atoms with Crippen LogP contribution in [0.3, 0.4) is 0 Å². The van der Waals surface area contributed by atoms with Gasteiger partial charge >= 0.3 is 0 Å². The lowest BCUT2D eigenvalue weighted by Crippen LogP contribution is -2.34. The monoisotopic (exact) mass is 446 g/mol. The predicted octanol–water partition coefficient (Wildman–Crippen LogP) is 3.33. The summed E-state index contributed by atoms with van der Waals surface area (Å²) in [6.07, 6.45) is 11.2. The Morgan fingerprint density at radius 3 is 2.79 bits per heavy atom. The molecule has 1 aliphatic heterocycles. The van der Waals surface area contributed by atoms with Gasteiger partial charge in [0.15, 0.2) is 0 Å². The molecule has 4 heterocycles. The number of carbonyl (C=O) groups excluding carboxylic acids is 1. The number of pyridine rings is 1. The van der Waals surface area contributed by atoms with E-state index in [1.54, 1.807) is 29.2 Å². The van der Waals surface area contributed by atoms with Crippen LogP contribution in [0, 0.1) is 6.92 Å². The van der Waals surface area contributed by atoms with Gasteiger partial charge in [0, 0.05) is 43.5 Å². The first-order valence-corrected chi connectivity index (χ1v) is 11.2. The first kappa shape index (κ1) is 22.5. The zero-order valence-electron chi connectivity index (χ0n) is 19.6. The molecule has 33 heavy (non-hydrogen) atoms. The molecule has 8 nitrogen and oxygen atoms in total. The van der Waals surface area contributed by atoms with E-state index in [1.807, 2.05) is 37.7 Å². The van der Waals surface area contributed by atoms with Crippen molar-refractivity contribution in [2.45, 2.75) is 60.2 Å². The van der Waals surface area contributed by atoms with E-state index in [-0.39, 0.29) is 11.5 Å². The molecule has 3 aromatic rings. The molecular weight excluding hydrogens is 416 g/mol. The topological polar surface area (TPSA) is 86.7 Å². The van der Waals surface area contributed by atoms with E-state index < -0.39 is 0 Å². The van der Waals surface area contributed by atoms with E-state index in [4.69, 9.17) is 0 Å². The number of amides is 1. The molecule has 1 aliphatic rings. The van der Waals surface area contributed by atoms with Crippen LogP contribution in [0.15, 0.2) is 58.9 Å². The molecule has 1 N–H and O–H groups in total. The maximum atomic E-state index is 13.3. The second kappa shape index (κ2) is 9.44. The standard InChI is InChI=1S/C25H30N6O2/c1-5-17(3)14-30-21(7-8-22(25(30)33)29-15-18(4)27-16-29)24(32)26-12-20-13-28-31-10-9-19(6-2)11-23(20)31/h5-8,13,15-16H,9-12,14H2,1-4H3,(H,26,32)/b17-5-,19-6+. The van der Waals surface area contributed by atoms with Crippen LogP contribution in [0.2, 0.25) is 0 Å². The molecular formula is C25H30N6O2. The fourth-order valence-corrected chi connectivity index (χ4v) is 4.07. The Morgan fingerprint density at radius 1 is 1.27 bits per heavy atom. The number of hydrogen-bond acceptors (Lipinski definition) is 4. The lowest BCUT2D eigenvalue weighted by atomic mass is 10.0. The molecule has 4 rings (SSSR count). The Balaban J connectivity index is 1.62. The fourth-order valence-electron chi connectivity index (χ4n) is 4.07. The van der Waals surface area contributed by atoms with Gasteiger partial charge in [-0.05, 0) is 46.2 Å². The smallest absolute Gasteiger partial charge is 0.275 e. The summed E-state index contributed by atoms with van der Waals surface area (Å²) in [5.74, 6) is -0.286. The van der Waals surface area contributed by atoms with Gasteiger partial charge < -0.3 is 9.88 Å². The summed E-state index contributed by atoms with van der Waals surface area (Å²) >= 11 is 0. The number of imidazole rings is 1. The van der Waals surface area contributed by atoms with Crippen molar-refractivity contribution >= 4 is 5.91 Å². The summed E-state index contributed by atoms with van der Waals surface area (Å²) in [5.41, 5.74) is 5.90. The van der Waals surface area contributed by atoms with E-state index in [0.717, 1.165) is 41.9 Å². The summed E-state index contributed by atoms with van der Waals surface area (Å²) in [6, 6.07) is 3.38. The highest BCUT2D eigenvalue weighted by atomic mass is 16.2. The molecule has 0 aliphatic carbocycles. The SMILES string of the molecule is C/C=C(/C)Cn1c(C(=O)NCc2cnn3c2C/C(=C/C)CC3)ccc(-n2cnc(C)c2)c1=O. The van der Waals surface area contributed by atoms with Gasteiger partial charge in [-0.3, -0.25) is 18.8 Å². The quantitative estimate of drug-likeness (QED) is 0.589. The van der Waals surface area contributed by atoms with Crippen LogP contribution in [0.5, 0.6) is 0 Å². The largest absolute Gasteiger partial charge is 0.347 e. The van der Waals surface area contributed by atoms with Crippen molar-refractivity contribution in [3.05, 3.63) is 87.2 Å². The van der Waals surface area contributed by atoms with Gasteiger partial charge in [0.05, 0.1) is 18.2 Å². The van der Waals surface area contributed by atoms with Gasteiger partial charge in [-0.25, -0.2) is 4.98 Å². The van der Waals surface area contributed by atoms with Gasteiger partial charge in [0.1, 0.15) is 11.4 Å². The average Bonchev–Trinajstić information content (AvgIpc) is 3.43. The first-order valence-electron chi connectivity index (χ1n) is 11.2. The van der Waals surface area contributed by atoms with Crippen molar-refractivity contribution in [3.8, 4) is 5.69 Å². The fraction of sp³-hybridized carbons (Fsp3) is 0.360. The lowest BCUT2D eigenvalue weighted by molar-refractivity contribution is 0.0940. The van der Waals surface area contributed by atoms with E-state index in [1.165, 1.54) is 10.1 Å². The summed E-state index contributed by atoms with van der Waals surface area (Å²) in [5, 5.41) is 7.47. The summed E-state index contributed by atoms with van der Waals surface area (Å²) < 4.78 is 5.24. The highest BCUT2D eigenvalue weighted by Crippen LogP contribution is 2.22. The Labute approximate surface area is 193 Å². The zero-order chi connectivity index (χ0) is 23.5. The minimum atomic E-state index is -0.286. The molecule has 172 valence electrons. The predicted molar refractivity (Wildman–Crippen MR) is 127 cm³/mol. The molecule has 1 amide bonds. The van der Waals surface area contributed by atoms with Gasteiger partial charge in [-0.1, -0.05) is 23.3 Å². The second-order valence-corrected chi connectivity index (χ2v) is 8.45. The van der Waals surface area contributed by atoms with E-state index in [0.29, 0.717) is 24.5 Å². The van der Waals surface area contributed by atoms with Crippen molar-refractivity contribution < 1.29 is 4.79 Å². The maximum absolute atomic E-state index is 13.3. The molecule has 0 fully saturated rings. The normalized spacial score (nSPS) is 15.0. The molecule has 0 unspecified atom stereocenters. The van der Waals surface area contributed by atoms with Gasteiger partial charge in [0.25, 0.3) is 11.5 Å². The van der Waals surface area contributed by atoms with Crippen molar-refractivity contribution in [2.75, 3.05) is 0 Å². The van der Waals surface area contributed by atoms with Crippen LogP contribution in [-0.4, -0.2) is 29.8 Å². The number of carbonyl (C=O) groups is 1. The van der Waals surface area contributed by atoms with Gasteiger partial charge in [-0.15, -0.1) is 0 Å². The first-order chi connectivity index (χ1) is 15.9. The number of rotatable bonds is 6. The number of fused-ring (bicyclic) bond motifs is 1. The van der Waals surface area contributed by atoms with Crippen molar-refractivity contribution in [1.82, 2.24) is 29.2 Å². The number of aromatic nitrogens is 5. The molecule has 0 saturated heterocycles. The van der Waals surface area contributed by atoms with Gasteiger partial charge in [0.2, 0.25) is 0 Å². The molecule has 8 heteroatoms. The highest BCUT2D eigenvalue weighted by molar-refractivity contribution is 5.92. The molecule has 3 aromatic heterocycles.